The zero-order valence-electron chi connectivity index (χ0n) is 10.8. The number of hydrogen-bond acceptors (Lipinski definition) is 2. The van der Waals surface area contributed by atoms with E-state index >= 15 is 0 Å². The highest BCUT2D eigenvalue weighted by molar-refractivity contribution is 5.93. The standard InChI is InChI=1S/C17H13NO2/c19-16-13-7-3-4-8-14(13)17(20)18-10-9-11-5-1-2-6-12(11)15(16)18/h1-8,19H,9-10H2. The minimum atomic E-state index is -0.0251. The molecule has 0 spiro atoms. The molecule has 2 aromatic carbocycles. The summed E-state index contributed by atoms with van der Waals surface area (Å²) < 4.78 is 1.69. The third-order valence-corrected chi connectivity index (χ3v) is 4.03. The molecule has 98 valence electrons. The number of aryl methyl sites for hydroxylation is 1. The fraction of sp³-hybridized carbons (Fsp3) is 0.118. The lowest BCUT2D eigenvalue weighted by Gasteiger charge is -2.23. The van der Waals surface area contributed by atoms with Gasteiger partial charge in [0.2, 0.25) is 0 Å². The normalized spacial score (nSPS) is 13.0. The van der Waals surface area contributed by atoms with E-state index < -0.39 is 0 Å². The van der Waals surface area contributed by atoms with Gasteiger partial charge in [-0.3, -0.25) is 4.79 Å². The van der Waals surface area contributed by atoms with Gasteiger partial charge >= 0.3 is 0 Å². The van der Waals surface area contributed by atoms with E-state index in [0.717, 1.165) is 12.0 Å². The van der Waals surface area contributed by atoms with E-state index in [9.17, 15) is 9.90 Å². The molecule has 0 saturated heterocycles. The second-order valence-corrected chi connectivity index (χ2v) is 5.11. The van der Waals surface area contributed by atoms with E-state index in [0.29, 0.717) is 23.0 Å². The summed E-state index contributed by atoms with van der Waals surface area (Å²) in [6, 6.07) is 15.2. The summed E-state index contributed by atoms with van der Waals surface area (Å²) in [7, 11) is 0. The van der Waals surface area contributed by atoms with E-state index in [2.05, 4.69) is 6.07 Å². The number of aromatic hydroxyl groups is 1. The molecule has 0 atom stereocenters. The highest BCUT2D eigenvalue weighted by Crippen LogP contribution is 2.38. The van der Waals surface area contributed by atoms with Crippen molar-refractivity contribution in [3.05, 3.63) is 64.4 Å². The molecule has 0 aliphatic carbocycles. The highest BCUT2D eigenvalue weighted by atomic mass is 16.3. The largest absolute Gasteiger partial charge is 0.505 e. The van der Waals surface area contributed by atoms with Crippen LogP contribution in [0.1, 0.15) is 5.56 Å². The Morgan fingerprint density at radius 2 is 1.65 bits per heavy atom. The Morgan fingerprint density at radius 3 is 2.50 bits per heavy atom. The first-order chi connectivity index (χ1) is 9.77. The number of pyridine rings is 1. The van der Waals surface area contributed by atoms with Crippen molar-refractivity contribution < 1.29 is 5.11 Å². The Morgan fingerprint density at radius 1 is 0.950 bits per heavy atom. The van der Waals surface area contributed by atoms with Crippen molar-refractivity contribution in [1.29, 1.82) is 0 Å². The third-order valence-electron chi connectivity index (χ3n) is 4.03. The third kappa shape index (κ3) is 1.37. The monoisotopic (exact) mass is 263 g/mol. The average Bonchev–Trinajstić information content (AvgIpc) is 2.51. The van der Waals surface area contributed by atoms with Gasteiger partial charge in [-0.2, -0.15) is 0 Å². The number of fused-ring (bicyclic) bond motifs is 4. The number of benzene rings is 2. The van der Waals surface area contributed by atoms with Crippen LogP contribution in [0, 0.1) is 0 Å². The summed E-state index contributed by atoms with van der Waals surface area (Å²) in [5, 5.41) is 11.8. The fourth-order valence-electron chi connectivity index (χ4n) is 3.07. The Bertz CT molecular complexity index is 893. The Balaban J connectivity index is 2.21. The van der Waals surface area contributed by atoms with Gasteiger partial charge in [-0.25, -0.2) is 0 Å². The van der Waals surface area contributed by atoms with Gasteiger partial charge in [0.15, 0.2) is 0 Å². The van der Waals surface area contributed by atoms with Crippen LogP contribution in [0.5, 0.6) is 5.75 Å². The maximum absolute atomic E-state index is 12.6. The van der Waals surface area contributed by atoms with Crippen LogP contribution in [0.4, 0.5) is 0 Å². The van der Waals surface area contributed by atoms with Gasteiger partial charge in [0.1, 0.15) is 5.75 Å². The predicted molar refractivity (Wildman–Crippen MR) is 79.0 cm³/mol. The van der Waals surface area contributed by atoms with Gasteiger partial charge in [0.25, 0.3) is 5.56 Å². The van der Waals surface area contributed by atoms with Crippen LogP contribution in [0.15, 0.2) is 53.3 Å². The first-order valence-corrected chi connectivity index (χ1v) is 6.70. The SMILES string of the molecule is O=c1c2ccccc2c(O)c2n1CCc1ccccc1-2. The molecular formula is C17H13NO2. The highest BCUT2D eigenvalue weighted by Gasteiger charge is 2.22. The van der Waals surface area contributed by atoms with Crippen molar-refractivity contribution >= 4 is 10.8 Å². The van der Waals surface area contributed by atoms with Crippen molar-refractivity contribution in [2.45, 2.75) is 13.0 Å². The molecule has 4 rings (SSSR count). The summed E-state index contributed by atoms with van der Waals surface area (Å²) in [4.78, 5) is 12.6. The second kappa shape index (κ2) is 3.97. The number of nitrogens with zero attached hydrogens (tertiary/aromatic N) is 1. The molecule has 2 heterocycles. The minimum Gasteiger partial charge on any atom is -0.505 e. The van der Waals surface area contributed by atoms with Crippen LogP contribution in [0.25, 0.3) is 22.0 Å². The van der Waals surface area contributed by atoms with Crippen LogP contribution in [0.2, 0.25) is 0 Å². The minimum absolute atomic E-state index is 0.0251. The van der Waals surface area contributed by atoms with E-state index in [1.807, 2.05) is 30.3 Å². The van der Waals surface area contributed by atoms with Crippen LogP contribution >= 0.6 is 0 Å². The molecule has 0 fully saturated rings. The quantitative estimate of drug-likeness (QED) is 0.677. The van der Waals surface area contributed by atoms with E-state index in [1.165, 1.54) is 5.56 Å². The second-order valence-electron chi connectivity index (χ2n) is 5.11. The van der Waals surface area contributed by atoms with Crippen LogP contribution in [0.3, 0.4) is 0 Å². The predicted octanol–water partition coefficient (Wildman–Crippen LogP) is 2.93. The van der Waals surface area contributed by atoms with Crippen molar-refractivity contribution in [3.63, 3.8) is 0 Å². The van der Waals surface area contributed by atoms with E-state index in [4.69, 9.17) is 0 Å². The molecule has 1 aromatic heterocycles. The number of hydrogen-bond donors (Lipinski definition) is 1. The van der Waals surface area contributed by atoms with Crippen molar-refractivity contribution in [2.75, 3.05) is 0 Å². The molecule has 20 heavy (non-hydrogen) atoms. The topological polar surface area (TPSA) is 42.2 Å². The summed E-state index contributed by atoms with van der Waals surface area (Å²) in [5.41, 5.74) is 2.76. The average molecular weight is 263 g/mol. The lowest BCUT2D eigenvalue weighted by atomic mass is 9.95. The van der Waals surface area contributed by atoms with Crippen molar-refractivity contribution in [3.8, 4) is 17.0 Å². The molecule has 1 N–H and O–H groups in total. The maximum atomic E-state index is 12.6. The molecule has 1 aliphatic rings. The smallest absolute Gasteiger partial charge is 0.259 e. The van der Waals surface area contributed by atoms with Gasteiger partial charge in [0.05, 0.1) is 11.1 Å². The molecule has 3 aromatic rings. The Kier molecular flexibility index (Phi) is 2.24. The molecule has 0 bridgehead atoms. The molecule has 1 aliphatic heterocycles. The van der Waals surface area contributed by atoms with Gasteiger partial charge < -0.3 is 9.67 Å². The van der Waals surface area contributed by atoms with E-state index in [-0.39, 0.29) is 11.3 Å². The van der Waals surface area contributed by atoms with E-state index in [1.54, 1.807) is 16.7 Å². The molecule has 0 saturated carbocycles. The summed E-state index contributed by atoms with van der Waals surface area (Å²) in [6.45, 7) is 0.615. The van der Waals surface area contributed by atoms with Crippen LogP contribution in [-0.2, 0) is 13.0 Å². The Hall–Kier alpha value is -2.55. The fourth-order valence-corrected chi connectivity index (χ4v) is 3.07. The summed E-state index contributed by atoms with van der Waals surface area (Å²) in [6.07, 6.45) is 0.820. The molecular weight excluding hydrogens is 250 g/mol. The summed E-state index contributed by atoms with van der Waals surface area (Å²) >= 11 is 0. The number of rotatable bonds is 0. The molecule has 3 nitrogen and oxygen atoms in total. The zero-order chi connectivity index (χ0) is 13.7. The van der Waals surface area contributed by atoms with Crippen molar-refractivity contribution in [2.24, 2.45) is 0 Å². The van der Waals surface area contributed by atoms with Crippen LogP contribution < -0.4 is 5.56 Å². The first-order valence-electron chi connectivity index (χ1n) is 6.70. The van der Waals surface area contributed by atoms with Gasteiger partial charge in [-0.15, -0.1) is 0 Å². The lowest BCUT2D eigenvalue weighted by Crippen LogP contribution is -2.26. The Labute approximate surface area is 115 Å². The van der Waals surface area contributed by atoms with Crippen LogP contribution in [-0.4, -0.2) is 9.67 Å². The van der Waals surface area contributed by atoms with Crippen molar-refractivity contribution in [1.82, 2.24) is 4.57 Å². The van der Waals surface area contributed by atoms with Gasteiger partial charge in [0, 0.05) is 17.5 Å². The molecule has 0 unspecified atom stereocenters. The summed E-state index contributed by atoms with van der Waals surface area (Å²) in [5.74, 6) is 0.201. The molecule has 0 radical (unpaired) electrons. The maximum Gasteiger partial charge on any atom is 0.259 e. The first kappa shape index (κ1) is 11.3. The molecule has 0 amide bonds. The van der Waals surface area contributed by atoms with Gasteiger partial charge in [-0.1, -0.05) is 42.5 Å². The zero-order valence-corrected chi connectivity index (χ0v) is 10.8. The number of aromatic nitrogens is 1. The van der Waals surface area contributed by atoms with Gasteiger partial charge in [-0.05, 0) is 18.1 Å². The lowest BCUT2D eigenvalue weighted by molar-refractivity contribution is 0.473. The molecule has 3 heteroatoms.